The van der Waals surface area contributed by atoms with Crippen LogP contribution in [0.25, 0.3) is 0 Å². The summed E-state index contributed by atoms with van der Waals surface area (Å²) in [6.07, 6.45) is 1.63. The van der Waals surface area contributed by atoms with Gasteiger partial charge in [-0.2, -0.15) is 11.8 Å². The van der Waals surface area contributed by atoms with Gasteiger partial charge >= 0.3 is 17.8 Å². The summed E-state index contributed by atoms with van der Waals surface area (Å²) >= 11 is 5.34. The number of aromatic nitrogens is 3. The molecule has 8 nitrogen and oxygen atoms in total. The predicted octanol–water partition coefficient (Wildman–Crippen LogP) is 3.78. The van der Waals surface area contributed by atoms with Gasteiger partial charge in [-0.3, -0.25) is 4.79 Å². The molecule has 1 amide bonds. The highest BCUT2D eigenvalue weighted by atomic mass is 79.9. The lowest BCUT2D eigenvalue weighted by molar-refractivity contribution is 0.0991. The van der Waals surface area contributed by atoms with Crippen LogP contribution in [0.3, 0.4) is 0 Å². The lowest BCUT2D eigenvalue weighted by atomic mass is 10.3. The van der Waals surface area contributed by atoms with Crippen LogP contribution in [-0.2, 0) is 0 Å². The Bertz CT molecular complexity index is 959. The zero-order valence-electron chi connectivity index (χ0n) is 14.8. The van der Waals surface area contributed by atoms with Crippen molar-refractivity contribution in [3.63, 3.8) is 0 Å². The molecule has 2 N–H and O–H groups in total. The van der Waals surface area contributed by atoms with Crippen LogP contribution in [-0.4, -0.2) is 45.7 Å². The number of thioether (sulfide) groups is 1. The highest BCUT2D eigenvalue weighted by Gasteiger charge is 2.16. The maximum Gasteiger partial charge on any atom is 0.320 e. The van der Waals surface area contributed by atoms with Gasteiger partial charge < -0.3 is 20.0 Å². The van der Waals surface area contributed by atoms with Crippen molar-refractivity contribution in [3.05, 3.63) is 53.0 Å². The van der Waals surface area contributed by atoms with Crippen LogP contribution in [0.1, 0.15) is 10.7 Å². The zero-order chi connectivity index (χ0) is 19.3. The maximum absolute atomic E-state index is 12.3. The van der Waals surface area contributed by atoms with Crippen molar-refractivity contribution in [2.24, 2.45) is 0 Å². The molecule has 0 radical (unpaired) electrons. The van der Waals surface area contributed by atoms with Gasteiger partial charge in [0.2, 0.25) is 0 Å². The van der Waals surface area contributed by atoms with E-state index in [2.05, 4.69) is 46.6 Å². The van der Waals surface area contributed by atoms with Crippen LogP contribution in [0.2, 0.25) is 0 Å². The van der Waals surface area contributed by atoms with Gasteiger partial charge in [-0.05, 0) is 30.3 Å². The molecule has 1 saturated heterocycles. The molecule has 0 bridgehead atoms. The molecule has 1 aliphatic rings. The van der Waals surface area contributed by atoms with E-state index in [4.69, 9.17) is 4.42 Å². The second-order valence-electron chi connectivity index (χ2n) is 6.01. The molecule has 0 aliphatic carbocycles. The number of hydrogen-bond acceptors (Lipinski definition) is 8. The summed E-state index contributed by atoms with van der Waals surface area (Å²) in [4.78, 5) is 19.0. The van der Waals surface area contributed by atoms with Crippen LogP contribution in [0.5, 0.6) is 0 Å². The van der Waals surface area contributed by atoms with Crippen molar-refractivity contribution in [2.45, 2.75) is 0 Å². The molecule has 10 heteroatoms. The third-order valence-electron chi connectivity index (χ3n) is 4.04. The second-order valence-corrected chi connectivity index (χ2v) is 8.15. The van der Waals surface area contributed by atoms with Gasteiger partial charge in [0.05, 0.1) is 11.9 Å². The largest absolute Gasteiger partial charge is 0.399 e. The Morgan fingerprint density at radius 1 is 1.14 bits per heavy atom. The molecular weight excluding hydrogens is 444 g/mol. The van der Waals surface area contributed by atoms with E-state index in [-0.39, 0.29) is 11.9 Å². The zero-order valence-corrected chi connectivity index (χ0v) is 17.2. The molecule has 28 heavy (non-hydrogen) atoms. The minimum absolute atomic E-state index is 0.130. The van der Waals surface area contributed by atoms with Crippen molar-refractivity contribution in [1.82, 2.24) is 15.2 Å². The maximum atomic E-state index is 12.3. The van der Waals surface area contributed by atoms with E-state index >= 15 is 0 Å². The molecule has 144 valence electrons. The highest BCUT2D eigenvalue weighted by molar-refractivity contribution is 9.10. The van der Waals surface area contributed by atoms with Crippen LogP contribution < -0.4 is 15.5 Å². The number of halogens is 1. The Morgan fingerprint density at radius 3 is 2.75 bits per heavy atom. The lowest BCUT2D eigenvalue weighted by Gasteiger charge is -2.27. The number of benzene rings is 1. The third-order valence-corrected chi connectivity index (χ3v) is 5.47. The number of hydrogen-bond donors (Lipinski definition) is 2. The van der Waals surface area contributed by atoms with E-state index in [9.17, 15) is 4.79 Å². The molecule has 0 unspecified atom stereocenters. The highest BCUT2D eigenvalue weighted by Crippen LogP contribution is 2.21. The summed E-state index contributed by atoms with van der Waals surface area (Å²) in [6.45, 7) is 1.97. The van der Waals surface area contributed by atoms with Gasteiger partial charge in [0.15, 0.2) is 0 Å². The first-order valence-corrected chi connectivity index (χ1v) is 10.6. The Labute approximate surface area is 174 Å². The molecular formula is C18H17BrN6O2S. The minimum Gasteiger partial charge on any atom is -0.399 e. The Hall–Kier alpha value is -2.59. The summed E-state index contributed by atoms with van der Waals surface area (Å²) < 4.78 is 6.30. The molecule has 4 rings (SSSR count). The fourth-order valence-electron chi connectivity index (χ4n) is 2.68. The molecule has 0 spiro atoms. The quantitative estimate of drug-likeness (QED) is 0.593. The Balaban J connectivity index is 1.37. The molecule has 3 heterocycles. The van der Waals surface area contributed by atoms with E-state index in [0.717, 1.165) is 40.6 Å². The third kappa shape index (κ3) is 4.63. The van der Waals surface area contributed by atoms with Crippen molar-refractivity contribution >= 4 is 56.8 Å². The number of amides is 1. The molecule has 0 saturated carbocycles. The standard InChI is InChI=1S/C18H17BrN6O2S/c19-12-2-1-3-13(10-12)22-18-24-23-17(27-18)16(26)21-14-4-5-15(20-11-14)25-6-8-28-9-7-25/h1-5,10-11H,6-9H2,(H,21,26)(H,22,24). The number of nitrogens with zero attached hydrogens (tertiary/aromatic N) is 4. The van der Waals surface area contributed by atoms with Crippen LogP contribution in [0, 0.1) is 0 Å². The van der Waals surface area contributed by atoms with Crippen LogP contribution in [0.15, 0.2) is 51.5 Å². The summed E-state index contributed by atoms with van der Waals surface area (Å²) in [6, 6.07) is 11.3. The van der Waals surface area contributed by atoms with E-state index in [1.54, 1.807) is 6.20 Å². The van der Waals surface area contributed by atoms with Crippen molar-refractivity contribution in [3.8, 4) is 0 Å². The van der Waals surface area contributed by atoms with E-state index in [1.807, 2.05) is 48.2 Å². The van der Waals surface area contributed by atoms with E-state index in [1.165, 1.54) is 0 Å². The number of pyridine rings is 1. The van der Waals surface area contributed by atoms with Crippen molar-refractivity contribution < 1.29 is 9.21 Å². The molecule has 2 aromatic heterocycles. The van der Waals surface area contributed by atoms with Crippen LogP contribution >= 0.6 is 27.7 Å². The molecule has 1 fully saturated rings. The smallest absolute Gasteiger partial charge is 0.320 e. The predicted molar refractivity (Wildman–Crippen MR) is 113 cm³/mol. The Kier molecular flexibility index (Phi) is 5.77. The second kappa shape index (κ2) is 8.61. The number of anilines is 4. The first kappa shape index (κ1) is 18.8. The van der Waals surface area contributed by atoms with Gasteiger partial charge in [-0.1, -0.05) is 27.1 Å². The summed E-state index contributed by atoms with van der Waals surface area (Å²) in [5.74, 6) is 2.51. The summed E-state index contributed by atoms with van der Waals surface area (Å²) in [5.41, 5.74) is 1.33. The number of carbonyl (C=O) groups is 1. The molecule has 0 atom stereocenters. The average molecular weight is 461 g/mol. The van der Waals surface area contributed by atoms with Crippen molar-refractivity contribution in [2.75, 3.05) is 40.1 Å². The average Bonchev–Trinajstić information content (AvgIpc) is 3.18. The summed E-state index contributed by atoms with van der Waals surface area (Å²) in [7, 11) is 0. The minimum atomic E-state index is -0.487. The molecule has 1 aromatic carbocycles. The lowest BCUT2D eigenvalue weighted by Crippen LogP contribution is -2.33. The van der Waals surface area contributed by atoms with Gasteiger partial charge in [-0.25, -0.2) is 4.98 Å². The summed E-state index contributed by atoms with van der Waals surface area (Å²) in [5, 5.41) is 13.3. The first-order valence-electron chi connectivity index (χ1n) is 8.63. The van der Waals surface area contributed by atoms with E-state index in [0.29, 0.717) is 5.69 Å². The fraction of sp³-hybridized carbons (Fsp3) is 0.222. The van der Waals surface area contributed by atoms with Gasteiger partial charge in [-0.15, -0.1) is 5.10 Å². The topological polar surface area (TPSA) is 96.2 Å². The monoisotopic (exact) mass is 460 g/mol. The SMILES string of the molecule is O=C(Nc1ccc(N2CCSCC2)nc1)c1nnc(Nc2cccc(Br)c2)o1. The Morgan fingerprint density at radius 2 is 2.00 bits per heavy atom. The molecule has 1 aliphatic heterocycles. The molecule has 3 aromatic rings. The number of nitrogens with one attached hydrogen (secondary N) is 2. The van der Waals surface area contributed by atoms with Gasteiger partial charge in [0.25, 0.3) is 0 Å². The van der Waals surface area contributed by atoms with Gasteiger partial charge in [0, 0.05) is 34.8 Å². The number of rotatable bonds is 5. The van der Waals surface area contributed by atoms with Gasteiger partial charge in [0.1, 0.15) is 5.82 Å². The number of carbonyl (C=O) groups excluding carboxylic acids is 1. The fourth-order valence-corrected chi connectivity index (χ4v) is 3.98. The van der Waals surface area contributed by atoms with E-state index < -0.39 is 5.91 Å². The first-order chi connectivity index (χ1) is 13.7. The van der Waals surface area contributed by atoms with Crippen molar-refractivity contribution in [1.29, 1.82) is 0 Å². The van der Waals surface area contributed by atoms with Crippen LogP contribution in [0.4, 0.5) is 23.2 Å². The normalized spacial score (nSPS) is 14.0.